The van der Waals surface area contributed by atoms with E-state index in [0.717, 1.165) is 24.3 Å². The zero-order chi connectivity index (χ0) is 20.4. The molecule has 1 aromatic carbocycles. The highest BCUT2D eigenvalue weighted by molar-refractivity contribution is 5.93. The van der Waals surface area contributed by atoms with E-state index in [4.69, 9.17) is 4.74 Å². The van der Waals surface area contributed by atoms with Gasteiger partial charge in [-0.05, 0) is 57.4 Å². The van der Waals surface area contributed by atoms with Crippen LogP contribution in [0.15, 0.2) is 53.3 Å². The minimum Gasteiger partial charge on any atom is -0.497 e. The summed E-state index contributed by atoms with van der Waals surface area (Å²) in [5, 5.41) is 0. The molecule has 0 atom stereocenters. The molecule has 1 aromatic rings. The molecule has 0 aromatic heterocycles. The first-order valence-corrected chi connectivity index (χ1v) is 9.69. The van der Waals surface area contributed by atoms with Crippen molar-refractivity contribution in [3.05, 3.63) is 53.3 Å². The second kappa shape index (κ2) is 10.8. The second-order valence-corrected chi connectivity index (χ2v) is 7.91. The lowest BCUT2D eigenvalue weighted by atomic mass is 9.91. The molecule has 0 unspecified atom stereocenters. The molecule has 0 radical (unpaired) electrons. The van der Waals surface area contributed by atoms with Crippen LogP contribution >= 0.6 is 0 Å². The van der Waals surface area contributed by atoms with Crippen LogP contribution in [0.2, 0.25) is 0 Å². The van der Waals surface area contributed by atoms with Crippen molar-refractivity contribution in [1.29, 1.82) is 0 Å². The number of ether oxygens (including phenoxy) is 1. The van der Waals surface area contributed by atoms with Crippen LogP contribution in [0.5, 0.6) is 5.75 Å². The number of anilines is 1. The Kier molecular flexibility index (Phi) is 9.11. The van der Waals surface area contributed by atoms with Crippen molar-refractivity contribution >= 4 is 11.6 Å². The summed E-state index contributed by atoms with van der Waals surface area (Å²) in [6.45, 7) is 13.1. The summed E-state index contributed by atoms with van der Waals surface area (Å²) in [6, 6.07) is 7.67. The number of allylic oxidation sites excluding steroid dienone is 2. The van der Waals surface area contributed by atoms with Crippen LogP contribution in [0.1, 0.15) is 60.8 Å². The summed E-state index contributed by atoms with van der Waals surface area (Å²) in [5.41, 5.74) is 6.69. The number of carbonyl (C=O) groups is 1. The zero-order valence-electron chi connectivity index (χ0n) is 18.1. The first-order valence-electron chi connectivity index (χ1n) is 9.69. The maximum Gasteiger partial charge on any atom is 0.226 e. The van der Waals surface area contributed by atoms with Crippen LogP contribution in [0.3, 0.4) is 0 Å². The van der Waals surface area contributed by atoms with Crippen molar-refractivity contribution < 1.29 is 9.53 Å². The minimum atomic E-state index is -0.189. The van der Waals surface area contributed by atoms with E-state index in [2.05, 4.69) is 52.5 Å². The minimum absolute atomic E-state index is 0.106. The molecule has 0 saturated carbocycles. The smallest absolute Gasteiger partial charge is 0.226 e. The second-order valence-electron chi connectivity index (χ2n) is 7.91. The first-order chi connectivity index (χ1) is 12.7. The fraction of sp³-hybridized carbons (Fsp3) is 0.500. The number of hydrogen-bond acceptors (Lipinski definition) is 2. The van der Waals surface area contributed by atoms with Crippen LogP contribution in [0.4, 0.5) is 5.69 Å². The normalized spacial score (nSPS) is 10.6. The molecular weight excluding hydrogens is 334 g/mol. The van der Waals surface area contributed by atoms with Gasteiger partial charge in [-0.15, -0.1) is 5.73 Å². The van der Waals surface area contributed by atoms with Gasteiger partial charge in [-0.25, -0.2) is 0 Å². The third kappa shape index (κ3) is 8.32. The third-order valence-electron chi connectivity index (χ3n) is 4.32. The largest absolute Gasteiger partial charge is 0.497 e. The van der Waals surface area contributed by atoms with Crippen LogP contribution < -0.4 is 9.64 Å². The van der Waals surface area contributed by atoms with Gasteiger partial charge in [-0.1, -0.05) is 38.5 Å². The Hall–Kier alpha value is -2.25. The standard InChI is InChI=1S/C24H35NO2/c1-8-23(26)25(21-13-10-14-22(17-21)27-7)18-24(5,6)16-15-20(4)12-9-11-19(2)3/h10-11,13-14,16-17H,8-9,12,18H2,1-7H3. The predicted octanol–water partition coefficient (Wildman–Crippen LogP) is 6.31. The molecule has 0 spiro atoms. The molecule has 0 aliphatic heterocycles. The molecule has 0 saturated heterocycles. The summed E-state index contributed by atoms with van der Waals surface area (Å²) in [6.07, 6.45) is 6.86. The lowest BCUT2D eigenvalue weighted by molar-refractivity contribution is -0.118. The SMILES string of the molecule is CCC(=O)N(CC(C)(C)C=C=C(C)CCC=C(C)C)c1cccc(OC)c1. The molecule has 0 aliphatic rings. The van der Waals surface area contributed by atoms with Gasteiger partial charge in [0.2, 0.25) is 5.91 Å². The van der Waals surface area contributed by atoms with Crippen molar-refractivity contribution in [3.63, 3.8) is 0 Å². The average Bonchev–Trinajstić information content (AvgIpc) is 2.63. The molecule has 27 heavy (non-hydrogen) atoms. The predicted molar refractivity (Wildman–Crippen MR) is 115 cm³/mol. The van der Waals surface area contributed by atoms with E-state index in [-0.39, 0.29) is 11.3 Å². The maximum atomic E-state index is 12.6. The van der Waals surface area contributed by atoms with Gasteiger partial charge >= 0.3 is 0 Å². The summed E-state index contributed by atoms with van der Waals surface area (Å²) in [5.74, 6) is 0.860. The monoisotopic (exact) mass is 369 g/mol. The van der Waals surface area contributed by atoms with Gasteiger partial charge in [-0.3, -0.25) is 4.79 Å². The molecule has 148 valence electrons. The highest BCUT2D eigenvalue weighted by Crippen LogP contribution is 2.27. The van der Waals surface area contributed by atoms with Crippen LogP contribution in [0, 0.1) is 5.41 Å². The maximum absolute atomic E-state index is 12.6. The Balaban J connectivity index is 3.00. The molecule has 3 nitrogen and oxygen atoms in total. The van der Waals surface area contributed by atoms with Crippen molar-refractivity contribution in [2.24, 2.45) is 5.41 Å². The van der Waals surface area contributed by atoms with Gasteiger partial charge in [0.05, 0.1) is 7.11 Å². The number of hydrogen-bond donors (Lipinski definition) is 0. The molecule has 0 aliphatic carbocycles. The molecule has 1 rings (SSSR count). The third-order valence-corrected chi connectivity index (χ3v) is 4.32. The van der Waals surface area contributed by atoms with Crippen LogP contribution in [-0.2, 0) is 4.79 Å². The quantitative estimate of drug-likeness (QED) is 0.377. The molecule has 0 fully saturated rings. The molecule has 3 heteroatoms. The van der Waals surface area contributed by atoms with E-state index in [1.54, 1.807) is 7.11 Å². The number of amides is 1. The van der Waals surface area contributed by atoms with E-state index in [9.17, 15) is 4.79 Å². The number of methoxy groups -OCH3 is 1. The number of nitrogens with zero attached hydrogens (tertiary/aromatic N) is 1. The molecule has 0 N–H and O–H groups in total. The molecule has 0 heterocycles. The van der Waals surface area contributed by atoms with Gasteiger partial charge in [0, 0.05) is 30.1 Å². The number of carbonyl (C=O) groups excluding carboxylic acids is 1. The lowest BCUT2D eigenvalue weighted by Crippen LogP contribution is -2.37. The summed E-state index contributed by atoms with van der Waals surface area (Å²) in [4.78, 5) is 14.4. The van der Waals surface area contributed by atoms with Crippen molar-refractivity contribution in [2.45, 2.75) is 60.8 Å². The highest BCUT2D eigenvalue weighted by Gasteiger charge is 2.23. The Morgan fingerprint density at radius 3 is 2.56 bits per heavy atom. The van der Waals surface area contributed by atoms with Crippen molar-refractivity contribution in [1.82, 2.24) is 0 Å². The average molecular weight is 370 g/mol. The van der Waals surface area contributed by atoms with Gasteiger partial charge < -0.3 is 9.64 Å². The first kappa shape index (κ1) is 22.8. The zero-order valence-corrected chi connectivity index (χ0v) is 18.1. The fourth-order valence-electron chi connectivity index (χ4n) is 2.71. The number of rotatable bonds is 9. The topological polar surface area (TPSA) is 29.5 Å². The van der Waals surface area contributed by atoms with Gasteiger partial charge in [0.15, 0.2) is 0 Å². The summed E-state index contributed by atoms with van der Waals surface area (Å²) < 4.78 is 5.32. The molecule has 0 bridgehead atoms. The van der Waals surface area contributed by atoms with Gasteiger partial charge in [0.1, 0.15) is 5.75 Å². The van der Waals surface area contributed by atoms with E-state index < -0.39 is 0 Å². The van der Waals surface area contributed by atoms with E-state index in [0.29, 0.717) is 13.0 Å². The summed E-state index contributed by atoms with van der Waals surface area (Å²) in [7, 11) is 1.64. The highest BCUT2D eigenvalue weighted by atomic mass is 16.5. The van der Waals surface area contributed by atoms with E-state index >= 15 is 0 Å². The lowest BCUT2D eigenvalue weighted by Gasteiger charge is -2.30. The number of benzene rings is 1. The van der Waals surface area contributed by atoms with Crippen LogP contribution in [-0.4, -0.2) is 19.6 Å². The Morgan fingerprint density at radius 2 is 1.96 bits per heavy atom. The van der Waals surface area contributed by atoms with Crippen molar-refractivity contribution in [3.8, 4) is 5.75 Å². The Bertz CT molecular complexity index is 718. The Morgan fingerprint density at radius 1 is 1.26 bits per heavy atom. The van der Waals surface area contributed by atoms with Gasteiger partial charge in [0.25, 0.3) is 0 Å². The Labute approximate surface area is 165 Å². The van der Waals surface area contributed by atoms with E-state index in [1.807, 2.05) is 36.1 Å². The van der Waals surface area contributed by atoms with Crippen LogP contribution in [0.25, 0.3) is 0 Å². The van der Waals surface area contributed by atoms with Crippen molar-refractivity contribution in [2.75, 3.05) is 18.6 Å². The molecular formula is C24H35NO2. The van der Waals surface area contributed by atoms with E-state index in [1.165, 1.54) is 11.1 Å². The van der Waals surface area contributed by atoms with Gasteiger partial charge in [-0.2, -0.15) is 0 Å². The fourth-order valence-corrected chi connectivity index (χ4v) is 2.71. The summed E-state index contributed by atoms with van der Waals surface area (Å²) >= 11 is 0. The molecule has 1 amide bonds.